The third-order valence-electron chi connectivity index (χ3n) is 6.25. The Labute approximate surface area is 192 Å². The van der Waals surface area contributed by atoms with Crippen LogP contribution in [-0.4, -0.2) is 32.2 Å². The molecule has 2 aromatic carbocycles. The standard InChI is InChI=1S/C26H27N5O2/c1-18-21(15-32-13-19-8-4-2-5-9-19)23(33-14-20-10-6-3-7-11-20)12-22(18)31-17-30-24-25(27)28-16-29-26(24)31/h2-11,16-17,21-23H,1,12-15H2,(H2,27,28,29). The number of nitrogens with zero attached hydrogens (tertiary/aromatic N) is 4. The van der Waals surface area contributed by atoms with E-state index in [-0.39, 0.29) is 18.1 Å². The van der Waals surface area contributed by atoms with Gasteiger partial charge in [0.15, 0.2) is 11.5 Å². The fraction of sp³-hybridized carbons (Fsp3) is 0.269. The summed E-state index contributed by atoms with van der Waals surface area (Å²) in [6, 6.07) is 20.4. The summed E-state index contributed by atoms with van der Waals surface area (Å²) >= 11 is 0. The second kappa shape index (κ2) is 9.52. The van der Waals surface area contributed by atoms with Crippen molar-refractivity contribution < 1.29 is 9.47 Å². The van der Waals surface area contributed by atoms with Crippen molar-refractivity contribution in [1.29, 1.82) is 0 Å². The van der Waals surface area contributed by atoms with Crippen LogP contribution >= 0.6 is 0 Å². The summed E-state index contributed by atoms with van der Waals surface area (Å²) in [5, 5.41) is 0. The quantitative estimate of drug-likeness (QED) is 0.410. The first kappa shape index (κ1) is 21.3. The van der Waals surface area contributed by atoms with Crippen molar-refractivity contribution in [3.05, 3.63) is 96.6 Å². The van der Waals surface area contributed by atoms with Crippen LogP contribution < -0.4 is 5.73 Å². The topological polar surface area (TPSA) is 88.1 Å². The summed E-state index contributed by atoms with van der Waals surface area (Å²) in [6.45, 7) is 6.08. The molecule has 0 bridgehead atoms. The Hall–Kier alpha value is -3.55. The number of benzene rings is 2. The second-order valence-electron chi connectivity index (χ2n) is 8.35. The number of hydrogen-bond acceptors (Lipinski definition) is 6. The number of rotatable bonds is 8. The summed E-state index contributed by atoms with van der Waals surface area (Å²) in [4.78, 5) is 12.9. The van der Waals surface area contributed by atoms with Crippen molar-refractivity contribution in [1.82, 2.24) is 19.5 Å². The Morgan fingerprint density at radius 2 is 1.64 bits per heavy atom. The Bertz CT molecular complexity index is 1230. The van der Waals surface area contributed by atoms with Crippen LogP contribution in [0.15, 0.2) is 85.5 Å². The zero-order valence-electron chi connectivity index (χ0n) is 18.4. The molecule has 0 aliphatic heterocycles. The molecule has 5 rings (SSSR count). The molecular formula is C26H27N5O2. The molecule has 0 spiro atoms. The van der Waals surface area contributed by atoms with Gasteiger partial charge in [0.1, 0.15) is 11.8 Å². The minimum absolute atomic E-state index is 0.00426. The average molecular weight is 442 g/mol. The third kappa shape index (κ3) is 4.51. The number of hydrogen-bond donors (Lipinski definition) is 1. The highest BCUT2D eigenvalue weighted by molar-refractivity contribution is 5.81. The van der Waals surface area contributed by atoms with Gasteiger partial charge in [-0.1, -0.05) is 67.2 Å². The molecule has 1 fully saturated rings. The van der Waals surface area contributed by atoms with E-state index in [1.165, 1.54) is 6.33 Å². The Balaban J connectivity index is 1.35. The highest BCUT2D eigenvalue weighted by Crippen LogP contribution is 2.42. The number of ether oxygens (including phenoxy) is 2. The van der Waals surface area contributed by atoms with Crippen LogP contribution in [0.3, 0.4) is 0 Å². The summed E-state index contributed by atoms with van der Waals surface area (Å²) in [5.74, 6) is 0.432. The van der Waals surface area contributed by atoms with E-state index in [1.807, 2.05) is 41.0 Å². The molecule has 168 valence electrons. The van der Waals surface area contributed by atoms with Crippen molar-refractivity contribution in [2.45, 2.75) is 31.8 Å². The van der Waals surface area contributed by atoms with E-state index in [4.69, 9.17) is 15.2 Å². The van der Waals surface area contributed by atoms with Gasteiger partial charge in [-0.25, -0.2) is 15.0 Å². The maximum atomic E-state index is 6.41. The van der Waals surface area contributed by atoms with Crippen molar-refractivity contribution in [2.75, 3.05) is 12.3 Å². The van der Waals surface area contributed by atoms with E-state index in [9.17, 15) is 0 Å². The normalized spacial score (nSPS) is 20.5. The molecule has 7 heteroatoms. The van der Waals surface area contributed by atoms with E-state index in [2.05, 4.69) is 45.8 Å². The van der Waals surface area contributed by atoms with Gasteiger partial charge in [0.05, 0.1) is 38.3 Å². The number of nitrogens with two attached hydrogens (primary N) is 1. The lowest BCUT2D eigenvalue weighted by Gasteiger charge is -2.21. The Morgan fingerprint density at radius 1 is 0.939 bits per heavy atom. The van der Waals surface area contributed by atoms with Gasteiger partial charge in [-0.05, 0) is 23.1 Å². The lowest BCUT2D eigenvalue weighted by atomic mass is 10.0. The first-order valence-electron chi connectivity index (χ1n) is 11.1. The first-order valence-corrected chi connectivity index (χ1v) is 11.1. The van der Waals surface area contributed by atoms with Crippen LogP contribution in [0.4, 0.5) is 5.82 Å². The van der Waals surface area contributed by atoms with Gasteiger partial charge in [-0.15, -0.1) is 0 Å². The minimum Gasteiger partial charge on any atom is -0.382 e. The maximum Gasteiger partial charge on any atom is 0.165 e. The fourth-order valence-corrected chi connectivity index (χ4v) is 4.47. The number of anilines is 1. The van der Waals surface area contributed by atoms with Gasteiger partial charge in [0, 0.05) is 5.92 Å². The molecule has 1 aliphatic rings. The predicted molar refractivity (Wildman–Crippen MR) is 127 cm³/mol. The van der Waals surface area contributed by atoms with Crippen molar-refractivity contribution >= 4 is 17.0 Å². The van der Waals surface area contributed by atoms with Crippen LogP contribution in [0.1, 0.15) is 23.6 Å². The number of aromatic nitrogens is 4. The van der Waals surface area contributed by atoms with E-state index in [1.54, 1.807) is 6.33 Å². The van der Waals surface area contributed by atoms with Crippen LogP contribution in [0.2, 0.25) is 0 Å². The molecule has 0 saturated heterocycles. The van der Waals surface area contributed by atoms with Crippen LogP contribution in [0.25, 0.3) is 11.2 Å². The minimum atomic E-state index is -0.0323. The van der Waals surface area contributed by atoms with Gasteiger partial charge in [0.2, 0.25) is 0 Å². The predicted octanol–water partition coefficient (Wildman–Crippen LogP) is 4.33. The van der Waals surface area contributed by atoms with Crippen LogP contribution in [0, 0.1) is 5.92 Å². The van der Waals surface area contributed by atoms with Gasteiger partial charge < -0.3 is 19.8 Å². The largest absolute Gasteiger partial charge is 0.382 e. The number of fused-ring (bicyclic) bond motifs is 1. The van der Waals surface area contributed by atoms with Crippen LogP contribution in [0.5, 0.6) is 0 Å². The van der Waals surface area contributed by atoms with E-state index < -0.39 is 0 Å². The van der Waals surface area contributed by atoms with E-state index in [0.717, 1.165) is 23.1 Å². The molecule has 2 aromatic heterocycles. The number of nitrogen functional groups attached to an aromatic ring is 1. The molecule has 2 heterocycles. The molecule has 3 unspecified atom stereocenters. The van der Waals surface area contributed by atoms with Gasteiger partial charge in [0.25, 0.3) is 0 Å². The first-order chi connectivity index (χ1) is 16.2. The highest BCUT2D eigenvalue weighted by atomic mass is 16.5. The lowest BCUT2D eigenvalue weighted by Crippen LogP contribution is -2.23. The molecule has 33 heavy (non-hydrogen) atoms. The Morgan fingerprint density at radius 3 is 2.36 bits per heavy atom. The molecule has 4 aromatic rings. The van der Waals surface area contributed by atoms with Crippen molar-refractivity contribution in [3.63, 3.8) is 0 Å². The summed E-state index contributed by atoms with van der Waals surface area (Å²) < 4.78 is 14.6. The molecule has 2 N–H and O–H groups in total. The third-order valence-corrected chi connectivity index (χ3v) is 6.25. The SMILES string of the molecule is C=C1C(COCc2ccccc2)C(OCc2ccccc2)CC1n1cnc2c(N)ncnc21. The van der Waals surface area contributed by atoms with Crippen molar-refractivity contribution in [2.24, 2.45) is 5.92 Å². The molecule has 7 nitrogen and oxygen atoms in total. The molecule has 1 saturated carbocycles. The van der Waals surface area contributed by atoms with Gasteiger partial charge in [-0.3, -0.25) is 0 Å². The molecule has 1 aliphatic carbocycles. The van der Waals surface area contributed by atoms with Crippen molar-refractivity contribution in [3.8, 4) is 0 Å². The molecule has 0 radical (unpaired) electrons. The lowest BCUT2D eigenvalue weighted by molar-refractivity contribution is -0.0122. The van der Waals surface area contributed by atoms with E-state index >= 15 is 0 Å². The molecule has 0 amide bonds. The molecular weight excluding hydrogens is 414 g/mol. The summed E-state index contributed by atoms with van der Waals surface area (Å²) in [6.07, 6.45) is 3.97. The fourth-order valence-electron chi connectivity index (χ4n) is 4.47. The summed E-state index contributed by atoms with van der Waals surface area (Å²) in [5.41, 5.74) is 10.7. The highest BCUT2D eigenvalue weighted by Gasteiger charge is 2.40. The second-order valence-corrected chi connectivity index (χ2v) is 8.35. The molecule has 3 atom stereocenters. The maximum absolute atomic E-state index is 6.41. The average Bonchev–Trinajstić information content (AvgIpc) is 3.41. The number of imidazole rings is 1. The Kier molecular flexibility index (Phi) is 6.15. The monoisotopic (exact) mass is 441 g/mol. The summed E-state index contributed by atoms with van der Waals surface area (Å²) in [7, 11) is 0. The van der Waals surface area contributed by atoms with Crippen LogP contribution in [-0.2, 0) is 22.7 Å². The zero-order valence-corrected chi connectivity index (χ0v) is 18.4. The van der Waals surface area contributed by atoms with E-state index in [0.29, 0.717) is 36.8 Å². The smallest absolute Gasteiger partial charge is 0.165 e. The zero-order chi connectivity index (χ0) is 22.6. The van der Waals surface area contributed by atoms with Gasteiger partial charge in [-0.2, -0.15) is 0 Å². The van der Waals surface area contributed by atoms with Gasteiger partial charge >= 0.3 is 0 Å².